The lowest BCUT2D eigenvalue weighted by molar-refractivity contribution is -0.123. The van der Waals surface area contributed by atoms with Gasteiger partial charge >= 0.3 is 0 Å². The van der Waals surface area contributed by atoms with Crippen LogP contribution in [0.2, 0.25) is 14.4 Å². The van der Waals surface area contributed by atoms with Gasteiger partial charge in [0, 0.05) is 5.02 Å². The van der Waals surface area contributed by atoms with E-state index in [1.165, 1.54) is 11.3 Å². The first-order chi connectivity index (χ1) is 10.5. The molecule has 22 heavy (non-hydrogen) atoms. The molecule has 1 N–H and O–H groups in total. The summed E-state index contributed by atoms with van der Waals surface area (Å²) in [5.41, 5.74) is 3.07. The monoisotopic (exact) mass is 376 g/mol. The number of hydrogen-bond acceptors (Lipinski definition) is 4. The lowest BCUT2D eigenvalue weighted by atomic mass is 10.3. The van der Waals surface area contributed by atoms with E-state index in [1.807, 2.05) is 6.07 Å². The highest BCUT2D eigenvalue weighted by atomic mass is 35.5. The minimum Gasteiger partial charge on any atom is -0.482 e. The quantitative estimate of drug-likeness (QED) is 0.610. The van der Waals surface area contributed by atoms with Crippen LogP contribution >= 0.6 is 46.1 Å². The van der Waals surface area contributed by atoms with Gasteiger partial charge in [-0.3, -0.25) is 4.79 Å². The number of nitrogens with one attached hydrogen (secondary N) is 1. The number of amides is 1. The minimum absolute atomic E-state index is 0.205. The van der Waals surface area contributed by atoms with Crippen molar-refractivity contribution >= 4 is 57.8 Å². The summed E-state index contributed by atoms with van der Waals surface area (Å²) in [4.78, 5) is 12.6. The van der Waals surface area contributed by atoms with Crippen LogP contribution in [0.5, 0.6) is 5.75 Å². The highest BCUT2D eigenvalue weighted by Crippen LogP contribution is 2.27. The predicted octanol–water partition coefficient (Wildman–Crippen LogP) is 4.63. The Kier molecular flexibility index (Phi) is 6.08. The largest absolute Gasteiger partial charge is 0.482 e. The van der Waals surface area contributed by atoms with Crippen molar-refractivity contribution in [3.8, 4) is 5.75 Å². The second-order valence-corrected chi connectivity index (χ2v) is 6.76. The third kappa shape index (κ3) is 4.88. The summed E-state index contributed by atoms with van der Waals surface area (Å²) in [5, 5.41) is 4.83. The first-order valence-corrected chi connectivity index (χ1v) is 8.07. The van der Waals surface area contributed by atoms with Crippen molar-refractivity contribution < 1.29 is 9.53 Å². The van der Waals surface area contributed by atoms with E-state index in [9.17, 15) is 4.79 Å². The molecule has 0 fully saturated rings. The zero-order valence-electron chi connectivity index (χ0n) is 11.4. The molecule has 0 atom stereocenters. The topological polar surface area (TPSA) is 50.7 Å². The summed E-state index contributed by atoms with van der Waals surface area (Å²) < 4.78 is 5.97. The highest BCUT2D eigenvalue weighted by Gasteiger charge is 2.07. The van der Waals surface area contributed by atoms with Crippen molar-refractivity contribution in [2.45, 2.75) is 6.92 Å². The van der Waals surface area contributed by atoms with Crippen molar-refractivity contribution in [1.82, 2.24) is 5.43 Å². The van der Waals surface area contributed by atoms with E-state index in [-0.39, 0.29) is 6.61 Å². The minimum atomic E-state index is -0.395. The molecule has 0 bridgehead atoms. The number of hydrogen-bond donors (Lipinski definition) is 1. The van der Waals surface area contributed by atoms with Gasteiger partial charge in [-0.15, -0.1) is 11.3 Å². The molecule has 2 rings (SSSR count). The number of thiophene rings is 1. The second kappa shape index (κ2) is 7.83. The van der Waals surface area contributed by atoms with E-state index in [0.29, 0.717) is 25.8 Å². The Morgan fingerprint density at radius 2 is 2.05 bits per heavy atom. The second-order valence-electron chi connectivity index (χ2n) is 4.20. The number of nitrogens with zero attached hydrogens (tertiary/aromatic N) is 1. The van der Waals surface area contributed by atoms with Gasteiger partial charge in [0.1, 0.15) is 5.75 Å². The summed E-state index contributed by atoms with van der Waals surface area (Å²) in [6, 6.07) is 8.37. The number of carbonyl (C=O) groups is 1. The fraction of sp³-hybridized carbons (Fsp3) is 0.143. The van der Waals surface area contributed by atoms with Crippen molar-refractivity contribution in [1.29, 1.82) is 0 Å². The molecule has 0 aliphatic rings. The molecule has 1 heterocycles. The van der Waals surface area contributed by atoms with Crippen molar-refractivity contribution in [2.24, 2.45) is 5.10 Å². The van der Waals surface area contributed by atoms with E-state index >= 15 is 0 Å². The van der Waals surface area contributed by atoms with Crippen LogP contribution in [0.1, 0.15) is 11.8 Å². The molecule has 4 nitrogen and oxygen atoms in total. The van der Waals surface area contributed by atoms with Gasteiger partial charge in [0.15, 0.2) is 6.61 Å². The van der Waals surface area contributed by atoms with E-state index in [4.69, 9.17) is 39.5 Å². The normalized spacial score (nSPS) is 11.4. The number of rotatable bonds is 5. The van der Waals surface area contributed by atoms with Crippen LogP contribution in [0.3, 0.4) is 0 Å². The smallest absolute Gasteiger partial charge is 0.277 e. The lowest BCUT2D eigenvalue weighted by Crippen LogP contribution is -2.25. The van der Waals surface area contributed by atoms with Crippen molar-refractivity contribution in [3.63, 3.8) is 0 Å². The van der Waals surface area contributed by atoms with Crippen LogP contribution in [0, 0.1) is 0 Å². The van der Waals surface area contributed by atoms with Crippen LogP contribution in [-0.2, 0) is 4.79 Å². The van der Waals surface area contributed by atoms with Gasteiger partial charge in [0.2, 0.25) is 0 Å². The Morgan fingerprint density at radius 3 is 2.68 bits per heavy atom. The molecule has 0 saturated heterocycles. The standard InChI is InChI=1S/C14H11Cl3N2O2S/c1-8(12-4-5-13(17)22-12)18-19-14(20)7-21-11-3-2-9(15)6-10(11)16/h2-6H,7H2,1H3,(H,19,20)/b18-8+. The molecule has 0 aliphatic carbocycles. The zero-order chi connectivity index (χ0) is 16.1. The average Bonchev–Trinajstić information content (AvgIpc) is 2.90. The van der Waals surface area contributed by atoms with E-state index in [1.54, 1.807) is 31.2 Å². The SMILES string of the molecule is C/C(=N\NC(=O)COc1ccc(Cl)cc1Cl)c1ccc(Cl)s1. The highest BCUT2D eigenvalue weighted by molar-refractivity contribution is 7.18. The Bertz CT molecular complexity index is 716. The van der Waals surface area contributed by atoms with Crippen molar-refractivity contribution in [2.75, 3.05) is 6.61 Å². The molecule has 1 aromatic carbocycles. The first kappa shape index (κ1) is 17.1. The Hall–Kier alpha value is -1.27. The van der Waals surface area contributed by atoms with Gasteiger partial charge < -0.3 is 4.74 Å². The molecule has 0 spiro atoms. The van der Waals surface area contributed by atoms with Crippen LogP contribution < -0.4 is 10.2 Å². The van der Waals surface area contributed by atoms with E-state index < -0.39 is 5.91 Å². The number of benzene rings is 1. The third-order valence-electron chi connectivity index (χ3n) is 2.53. The molecule has 0 saturated carbocycles. The molecular formula is C14H11Cl3N2O2S. The lowest BCUT2D eigenvalue weighted by Gasteiger charge is -2.07. The van der Waals surface area contributed by atoms with Crippen LogP contribution in [0.4, 0.5) is 0 Å². The van der Waals surface area contributed by atoms with Crippen LogP contribution in [0.15, 0.2) is 35.4 Å². The predicted molar refractivity (Wildman–Crippen MR) is 91.6 cm³/mol. The van der Waals surface area contributed by atoms with E-state index in [2.05, 4.69) is 10.5 Å². The molecule has 0 radical (unpaired) electrons. The van der Waals surface area contributed by atoms with Gasteiger partial charge in [0.25, 0.3) is 5.91 Å². The summed E-state index contributed by atoms with van der Waals surface area (Å²) >= 11 is 18.9. The van der Waals surface area contributed by atoms with E-state index in [0.717, 1.165) is 4.88 Å². The number of hydrazone groups is 1. The van der Waals surface area contributed by atoms with Gasteiger partial charge in [-0.1, -0.05) is 34.8 Å². The molecule has 1 aromatic heterocycles. The molecule has 0 aliphatic heterocycles. The number of ether oxygens (including phenoxy) is 1. The van der Waals surface area contributed by atoms with Gasteiger partial charge in [-0.05, 0) is 37.3 Å². The molecule has 8 heteroatoms. The van der Waals surface area contributed by atoms with Crippen LogP contribution in [-0.4, -0.2) is 18.2 Å². The maximum Gasteiger partial charge on any atom is 0.277 e. The number of carbonyl (C=O) groups excluding carboxylic acids is 1. The first-order valence-electron chi connectivity index (χ1n) is 6.12. The molecule has 1 amide bonds. The van der Waals surface area contributed by atoms with Crippen molar-refractivity contribution in [3.05, 3.63) is 49.6 Å². The average molecular weight is 378 g/mol. The Labute approximate surface area is 146 Å². The third-order valence-corrected chi connectivity index (χ3v) is 4.40. The Morgan fingerprint density at radius 1 is 1.27 bits per heavy atom. The fourth-order valence-corrected chi connectivity index (χ4v) is 2.93. The number of halogens is 3. The summed E-state index contributed by atoms with van der Waals surface area (Å²) in [6.07, 6.45) is 0. The zero-order valence-corrected chi connectivity index (χ0v) is 14.5. The molecular weight excluding hydrogens is 367 g/mol. The summed E-state index contributed by atoms with van der Waals surface area (Å²) in [5.74, 6) is -0.0139. The summed E-state index contributed by atoms with van der Waals surface area (Å²) in [6.45, 7) is 1.57. The molecule has 0 unspecified atom stereocenters. The van der Waals surface area contributed by atoms with Gasteiger partial charge in [0.05, 0.1) is 19.9 Å². The summed E-state index contributed by atoms with van der Waals surface area (Å²) in [7, 11) is 0. The molecule has 116 valence electrons. The maximum absolute atomic E-state index is 11.7. The Balaban J connectivity index is 1.88. The van der Waals surface area contributed by atoms with Gasteiger partial charge in [-0.2, -0.15) is 5.10 Å². The van der Waals surface area contributed by atoms with Crippen LogP contribution in [0.25, 0.3) is 0 Å². The fourth-order valence-electron chi connectivity index (χ4n) is 1.48. The molecule has 2 aromatic rings. The van der Waals surface area contributed by atoms with Gasteiger partial charge in [-0.25, -0.2) is 5.43 Å². The maximum atomic E-state index is 11.7.